The lowest BCUT2D eigenvalue weighted by atomic mass is 9.89. The number of piperidine rings is 1. The number of hydrogen-bond acceptors (Lipinski definition) is 2. The van der Waals surface area contributed by atoms with Gasteiger partial charge in [0, 0.05) is 11.0 Å². The fraction of sp³-hybridized carbons (Fsp3) is 0.368. The Balaban J connectivity index is 1.52. The van der Waals surface area contributed by atoms with Crippen molar-refractivity contribution in [3.8, 4) is 0 Å². The molecule has 2 nitrogen and oxygen atoms in total. The molecule has 1 aliphatic heterocycles. The van der Waals surface area contributed by atoms with Crippen LogP contribution in [0.25, 0.3) is 0 Å². The molecule has 1 fully saturated rings. The molecule has 0 saturated carbocycles. The highest BCUT2D eigenvalue weighted by atomic mass is 79.9. The summed E-state index contributed by atoms with van der Waals surface area (Å²) in [6.07, 6.45) is 1.95. The lowest BCUT2D eigenvalue weighted by Gasteiger charge is -2.33. The van der Waals surface area contributed by atoms with Crippen molar-refractivity contribution in [1.29, 1.82) is 0 Å². The highest BCUT2D eigenvalue weighted by Crippen LogP contribution is 2.28. The Morgan fingerprint density at radius 2 is 1.64 bits per heavy atom. The SMILES string of the molecule is O[C@H](CN1CCC(c2ccccc2)CC1)c1ccc(Br)cc1. The van der Waals surface area contributed by atoms with Gasteiger partial charge in [-0.15, -0.1) is 0 Å². The van der Waals surface area contributed by atoms with E-state index in [1.54, 1.807) is 0 Å². The molecule has 3 rings (SSSR count). The van der Waals surface area contributed by atoms with Gasteiger partial charge in [0.25, 0.3) is 0 Å². The molecule has 1 atom stereocenters. The minimum Gasteiger partial charge on any atom is -0.387 e. The molecule has 1 saturated heterocycles. The van der Waals surface area contributed by atoms with Crippen molar-refractivity contribution < 1.29 is 5.11 Å². The molecule has 2 aromatic carbocycles. The molecule has 2 aromatic rings. The molecule has 1 aliphatic rings. The summed E-state index contributed by atoms with van der Waals surface area (Å²) in [7, 11) is 0. The summed E-state index contributed by atoms with van der Waals surface area (Å²) in [5.74, 6) is 0.669. The number of β-amino-alcohol motifs (C(OH)–C–C–N with tert-alkyl or cyclic N) is 1. The lowest BCUT2D eigenvalue weighted by molar-refractivity contribution is 0.0972. The third-order valence-corrected chi connectivity index (χ3v) is 5.07. The molecule has 1 heterocycles. The Hall–Kier alpha value is -1.16. The van der Waals surface area contributed by atoms with E-state index in [-0.39, 0.29) is 0 Å². The van der Waals surface area contributed by atoms with E-state index in [9.17, 15) is 5.11 Å². The molecule has 0 radical (unpaired) electrons. The van der Waals surface area contributed by atoms with Gasteiger partial charge in [-0.1, -0.05) is 58.4 Å². The molecule has 22 heavy (non-hydrogen) atoms. The van der Waals surface area contributed by atoms with E-state index >= 15 is 0 Å². The molecule has 0 spiro atoms. The summed E-state index contributed by atoms with van der Waals surface area (Å²) >= 11 is 3.43. The van der Waals surface area contributed by atoms with Gasteiger partial charge in [-0.25, -0.2) is 0 Å². The molecule has 0 unspecified atom stereocenters. The zero-order valence-corrected chi connectivity index (χ0v) is 14.2. The van der Waals surface area contributed by atoms with Gasteiger partial charge in [0.2, 0.25) is 0 Å². The minimum absolute atomic E-state index is 0.402. The molecule has 0 bridgehead atoms. The first kappa shape index (κ1) is 15.7. The number of halogens is 1. The van der Waals surface area contributed by atoms with Crippen LogP contribution in [0.15, 0.2) is 59.1 Å². The van der Waals surface area contributed by atoms with Crippen LogP contribution >= 0.6 is 15.9 Å². The van der Waals surface area contributed by atoms with Gasteiger partial charge in [-0.2, -0.15) is 0 Å². The zero-order chi connectivity index (χ0) is 15.4. The van der Waals surface area contributed by atoms with E-state index in [0.717, 1.165) is 29.7 Å². The molecular weight excluding hydrogens is 338 g/mol. The quantitative estimate of drug-likeness (QED) is 0.876. The normalized spacial score (nSPS) is 18.3. The predicted octanol–water partition coefficient (Wildman–Crippen LogP) is 4.36. The van der Waals surface area contributed by atoms with Crippen molar-refractivity contribution in [2.75, 3.05) is 19.6 Å². The van der Waals surface area contributed by atoms with Crippen LogP contribution in [-0.2, 0) is 0 Å². The number of aliphatic hydroxyl groups is 1. The lowest BCUT2D eigenvalue weighted by Crippen LogP contribution is -2.36. The number of hydrogen-bond donors (Lipinski definition) is 1. The summed E-state index contributed by atoms with van der Waals surface area (Å²) in [4.78, 5) is 2.38. The van der Waals surface area contributed by atoms with Crippen molar-refractivity contribution in [2.24, 2.45) is 0 Å². The van der Waals surface area contributed by atoms with Crippen LogP contribution in [0, 0.1) is 0 Å². The van der Waals surface area contributed by atoms with E-state index in [4.69, 9.17) is 0 Å². The maximum absolute atomic E-state index is 10.4. The first-order valence-corrected chi connectivity index (χ1v) is 8.72. The van der Waals surface area contributed by atoms with Gasteiger partial charge >= 0.3 is 0 Å². The Bertz CT molecular complexity index is 576. The Morgan fingerprint density at radius 1 is 1.00 bits per heavy atom. The maximum Gasteiger partial charge on any atom is 0.0916 e. The van der Waals surface area contributed by atoms with Crippen LogP contribution < -0.4 is 0 Å². The van der Waals surface area contributed by atoms with Gasteiger partial charge in [0.1, 0.15) is 0 Å². The topological polar surface area (TPSA) is 23.5 Å². The summed E-state index contributed by atoms with van der Waals surface area (Å²) < 4.78 is 1.05. The molecule has 1 N–H and O–H groups in total. The predicted molar refractivity (Wildman–Crippen MR) is 94.0 cm³/mol. The third-order valence-electron chi connectivity index (χ3n) is 4.54. The van der Waals surface area contributed by atoms with Crippen molar-refractivity contribution >= 4 is 15.9 Å². The average molecular weight is 360 g/mol. The summed E-state index contributed by atoms with van der Waals surface area (Å²) in [6, 6.07) is 18.7. The number of benzene rings is 2. The monoisotopic (exact) mass is 359 g/mol. The second-order valence-corrected chi connectivity index (χ2v) is 6.97. The summed E-state index contributed by atoms with van der Waals surface area (Å²) in [6.45, 7) is 2.85. The highest BCUT2D eigenvalue weighted by Gasteiger charge is 2.22. The summed E-state index contributed by atoms with van der Waals surface area (Å²) in [5, 5.41) is 10.4. The van der Waals surface area contributed by atoms with Crippen LogP contribution in [0.1, 0.15) is 36.0 Å². The molecular formula is C19H22BrNO. The van der Waals surface area contributed by atoms with Crippen LogP contribution in [0.5, 0.6) is 0 Å². The molecule has 0 aromatic heterocycles. The molecule has 0 amide bonds. The van der Waals surface area contributed by atoms with Crippen LogP contribution in [0.3, 0.4) is 0 Å². The fourth-order valence-corrected chi connectivity index (χ4v) is 3.47. The number of aliphatic hydroxyl groups excluding tert-OH is 1. The summed E-state index contributed by atoms with van der Waals surface area (Å²) in [5.41, 5.74) is 2.45. The largest absolute Gasteiger partial charge is 0.387 e. The van der Waals surface area contributed by atoms with Crippen molar-refractivity contribution in [1.82, 2.24) is 4.90 Å². The van der Waals surface area contributed by atoms with Crippen molar-refractivity contribution in [2.45, 2.75) is 24.9 Å². The van der Waals surface area contributed by atoms with Crippen molar-refractivity contribution in [3.05, 3.63) is 70.2 Å². The maximum atomic E-state index is 10.4. The van der Waals surface area contributed by atoms with Gasteiger partial charge in [-0.05, 0) is 55.1 Å². The van der Waals surface area contributed by atoms with Gasteiger partial charge in [0.05, 0.1) is 6.10 Å². The van der Waals surface area contributed by atoms with Gasteiger partial charge < -0.3 is 10.0 Å². The Labute approximate surface area is 140 Å². The second-order valence-electron chi connectivity index (χ2n) is 6.05. The van der Waals surface area contributed by atoms with Crippen molar-refractivity contribution in [3.63, 3.8) is 0 Å². The zero-order valence-electron chi connectivity index (χ0n) is 12.7. The standard InChI is InChI=1S/C19H22BrNO/c20-18-8-6-17(7-9-18)19(22)14-21-12-10-16(11-13-21)15-4-2-1-3-5-15/h1-9,16,19,22H,10-14H2/t19-/m1/s1. The molecule has 116 valence electrons. The van der Waals surface area contributed by atoms with E-state index in [1.165, 1.54) is 18.4 Å². The number of nitrogens with zero attached hydrogens (tertiary/aromatic N) is 1. The van der Waals surface area contributed by atoms with Gasteiger partial charge in [-0.3, -0.25) is 0 Å². The Morgan fingerprint density at radius 3 is 2.27 bits per heavy atom. The second kappa shape index (κ2) is 7.40. The Kier molecular flexibility index (Phi) is 5.29. The molecule has 3 heteroatoms. The first-order valence-electron chi connectivity index (χ1n) is 7.93. The molecule has 0 aliphatic carbocycles. The van der Waals surface area contributed by atoms with E-state index in [1.807, 2.05) is 24.3 Å². The van der Waals surface area contributed by atoms with Crippen LogP contribution in [0.2, 0.25) is 0 Å². The third kappa shape index (κ3) is 3.97. The van der Waals surface area contributed by atoms with E-state index in [0.29, 0.717) is 5.92 Å². The van der Waals surface area contributed by atoms with E-state index in [2.05, 4.69) is 51.2 Å². The minimum atomic E-state index is -0.402. The van der Waals surface area contributed by atoms with E-state index < -0.39 is 6.10 Å². The highest BCUT2D eigenvalue weighted by molar-refractivity contribution is 9.10. The number of rotatable bonds is 4. The average Bonchev–Trinajstić information content (AvgIpc) is 2.57. The number of likely N-dealkylation sites (tertiary alicyclic amines) is 1. The van der Waals surface area contributed by atoms with Gasteiger partial charge in [0.15, 0.2) is 0 Å². The first-order chi connectivity index (χ1) is 10.7. The fourth-order valence-electron chi connectivity index (χ4n) is 3.21. The van der Waals surface area contributed by atoms with Crippen LogP contribution in [0.4, 0.5) is 0 Å². The van der Waals surface area contributed by atoms with Crippen LogP contribution in [-0.4, -0.2) is 29.6 Å². The smallest absolute Gasteiger partial charge is 0.0916 e.